The summed E-state index contributed by atoms with van der Waals surface area (Å²) in [5.74, 6) is -2.23. The highest BCUT2D eigenvalue weighted by atomic mass is 16.5. The van der Waals surface area contributed by atoms with Crippen molar-refractivity contribution in [3.05, 3.63) is 71.8 Å². The second-order valence-electron chi connectivity index (χ2n) is 13.5. The molecule has 2 aromatic carbocycles. The van der Waals surface area contributed by atoms with Gasteiger partial charge in [-0.2, -0.15) is 0 Å². The van der Waals surface area contributed by atoms with Crippen LogP contribution in [0.5, 0.6) is 0 Å². The van der Waals surface area contributed by atoms with Gasteiger partial charge in [0.1, 0.15) is 23.7 Å². The molecule has 1 aliphatic rings. The Labute approximate surface area is 295 Å². The lowest BCUT2D eigenvalue weighted by molar-refractivity contribution is -0.151. The second-order valence-corrected chi connectivity index (χ2v) is 13.5. The lowest BCUT2D eigenvalue weighted by Crippen LogP contribution is -2.60. The molecule has 1 aliphatic heterocycles. The van der Waals surface area contributed by atoms with Crippen molar-refractivity contribution >= 4 is 29.6 Å². The molecule has 0 aliphatic carbocycles. The van der Waals surface area contributed by atoms with Crippen LogP contribution in [0.2, 0.25) is 0 Å². The smallest absolute Gasteiger partial charge is 0.325 e. The molecule has 1 saturated heterocycles. The first-order valence-electron chi connectivity index (χ1n) is 17.5. The topological polar surface area (TPSA) is 212 Å². The largest absolute Gasteiger partial charge is 0.468 e. The Kier molecular flexibility index (Phi) is 15.8. The van der Waals surface area contributed by atoms with Gasteiger partial charge in [-0.15, -0.1) is 0 Å². The number of likely N-dealkylation sites (tertiary alicyclic amines) is 1. The molecule has 4 amide bonds. The van der Waals surface area contributed by atoms with E-state index in [1.165, 1.54) is 7.11 Å². The van der Waals surface area contributed by atoms with Crippen LogP contribution < -0.4 is 33.2 Å². The van der Waals surface area contributed by atoms with E-state index in [0.29, 0.717) is 32.2 Å². The Balaban J connectivity index is 1.76. The zero-order valence-corrected chi connectivity index (χ0v) is 29.6. The molecular weight excluding hydrogens is 638 g/mol. The molecule has 0 spiro atoms. The fourth-order valence-corrected chi connectivity index (χ4v) is 6.08. The van der Waals surface area contributed by atoms with Gasteiger partial charge in [0.05, 0.1) is 7.11 Å². The molecule has 1 unspecified atom stereocenters. The van der Waals surface area contributed by atoms with Gasteiger partial charge in [0, 0.05) is 32.0 Å². The summed E-state index contributed by atoms with van der Waals surface area (Å²) in [4.78, 5) is 68.5. The van der Waals surface area contributed by atoms with Crippen LogP contribution in [0.25, 0.3) is 0 Å². The van der Waals surface area contributed by atoms with Crippen molar-refractivity contribution in [1.29, 1.82) is 0 Å². The van der Waals surface area contributed by atoms with Crippen molar-refractivity contribution in [2.75, 3.05) is 26.7 Å². The van der Waals surface area contributed by atoms with E-state index in [-0.39, 0.29) is 50.6 Å². The van der Waals surface area contributed by atoms with E-state index in [1.54, 1.807) is 4.90 Å². The molecule has 50 heavy (non-hydrogen) atoms. The number of ether oxygens (including phenoxy) is 1. The monoisotopic (exact) mass is 693 g/mol. The molecule has 0 aromatic heterocycles. The number of carbonyl (C=O) groups is 5. The van der Waals surface area contributed by atoms with Crippen LogP contribution in [0.3, 0.4) is 0 Å². The average molecular weight is 694 g/mol. The number of nitrogens with one attached hydrogen (secondary N) is 3. The first kappa shape index (κ1) is 40.1. The molecule has 0 saturated carbocycles. The molecular formula is C37H55N7O6. The number of nitrogens with two attached hydrogens (primary N) is 3. The highest BCUT2D eigenvalue weighted by Crippen LogP contribution is 2.22. The molecule has 4 atom stereocenters. The lowest BCUT2D eigenvalue weighted by Gasteiger charge is -2.38. The van der Waals surface area contributed by atoms with Crippen LogP contribution in [0.1, 0.15) is 76.0 Å². The minimum atomic E-state index is -1.17. The van der Waals surface area contributed by atoms with Crippen LogP contribution in [0.4, 0.5) is 0 Å². The van der Waals surface area contributed by atoms with Gasteiger partial charge < -0.3 is 42.8 Å². The Morgan fingerprint density at radius 1 is 0.840 bits per heavy atom. The zero-order valence-electron chi connectivity index (χ0n) is 29.6. The fraction of sp³-hybridized carbons (Fsp3) is 0.541. The summed E-state index contributed by atoms with van der Waals surface area (Å²) in [7, 11) is 1.28. The van der Waals surface area contributed by atoms with Gasteiger partial charge in [0.15, 0.2) is 0 Å². The quantitative estimate of drug-likeness (QED) is 0.0984. The van der Waals surface area contributed by atoms with Gasteiger partial charge in [0.25, 0.3) is 0 Å². The molecule has 9 N–H and O–H groups in total. The summed E-state index contributed by atoms with van der Waals surface area (Å²) in [6.45, 7) is 4.75. The van der Waals surface area contributed by atoms with Gasteiger partial charge in [-0.25, -0.2) is 0 Å². The molecule has 2 aromatic rings. The summed E-state index contributed by atoms with van der Waals surface area (Å²) in [5, 5.41) is 8.61. The van der Waals surface area contributed by atoms with Crippen molar-refractivity contribution < 1.29 is 28.7 Å². The van der Waals surface area contributed by atoms with Gasteiger partial charge in [-0.1, -0.05) is 74.5 Å². The van der Waals surface area contributed by atoms with Crippen molar-refractivity contribution in [3.63, 3.8) is 0 Å². The number of unbranched alkanes of at least 4 members (excludes halogenated alkanes) is 1. The van der Waals surface area contributed by atoms with Crippen molar-refractivity contribution in [3.8, 4) is 0 Å². The highest BCUT2D eigenvalue weighted by molar-refractivity contribution is 5.94. The second kappa shape index (κ2) is 19.8. The predicted octanol–water partition coefficient (Wildman–Crippen LogP) is 1.44. The number of amides is 4. The van der Waals surface area contributed by atoms with E-state index in [0.717, 1.165) is 11.1 Å². The van der Waals surface area contributed by atoms with Gasteiger partial charge in [-0.05, 0) is 62.1 Å². The van der Waals surface area contributed by atoms with E-state index in [9.17, 15) is 24.0 Å². The van der Waals surface area contributed by atoms with Crippen LogP contribution in [0.15, 0.2) is 60.7 Å². The first-order chi connectivity index (χ1) is 23.9. The summed E-state index contributed by atoms with van der Waals surface area (Å²) in [6.07, 6.45) is 2.52. The summed E-state index contributed by atoms with van der Waals surface area (Å²) < 4.78 is 4.85. The number of nitrogens with zero attached hydrogens (tertiary/aromatic N) is 1. The maximum Gasteiger partial charge on any atom is 0.325 e. The average Bonchev–Trinajstić information content (AvgIpc) is 3.10. The lowest BCUT2D eigenvalue weighted by atomic mass is 9.88. The number of esters is 1. The minimum absolute atomic E-state index is 0.0153. The zero-order chi connectivity index (χ0) is 36.7. The fourth-order valence-electron chi connectivity index (χ4n) is 6.08. The number of rotatable bonds is 18. The van der Waals surface area contributed by atoms with Crippen molar-refractivity contribution in [2.24, 2.45) is 23.1 Å². The standard InChI is InChI=1S/C37H55N7O6/c1-25(2)22-30(33(46)42-29(16-10-11-19-38)35(48)44-20-17-37(40,18-21-44)36(49)50-3)43-34(47)31(23-26-12-6-4-7-13-26)41-32(45)24-28(39)27-14-8-5-9-15-27/h4-9,12-15,25,28-31H,10-11,16-24,38-40H2,1-3H3,(H,41,45)(H,42,46)(H,43,47)/t28?,29-,30-,31-/m1/s1. The third-order valence-electron chi connectivity index (χ3n) is 9.03. The molecule has 0 radical (unpaired) electrons. The van der Waals surface area contributed by atoms with E-state index in [1.807, 2.05) is 74.5 Å². The Bertz CT molecular complexity index is 1400. The molecule has 13 heteroatoms. The summed E-state index contributed by atoms with van der Waals surface area (Å²) in [6, 6.07) is 15.1. The van der Waals surface area contributed by atoms with E-state index in [2.05, 4.69) is 16.0 Å². The van der Waals surface area contributed by atoms with Crippen LogP contribution in [-0.2, 0) is 35.1 Å². The van der Waals surface area contributed by atoms with E-state index >= 15 is 0 Å². The Morgan fingerprint density at radius 3 is 2.00 bits per heavy atom. The number of hydrogen-bond donors (Lipinski definition) is 6. The van der Waals surface area contributed by atoms with Crippen LogP contribution >= 0.6 is 0 Å². The number of hydrogen-bond acceptors (Lipinski definition) is 9. The minimum Gasteiger partial charge on any atom is -0.468 e. The molecule has 274 valence electrons. The van der Waals surface area contributed by atoms with Crippen LogP contribution in [-0.4, -0.2) is 84.9 Å². The Hall–Kier alpha value is -4.33. The van der Waals surface area contributed by atoms with Gasteiger partial charge >= 0.3 is 5.97 Å². The highest BCUT2D eigenvalue weighted by Gasteiger charge is 2.41. The van der Waals surface area contributed by atoms with Crippen molar-refractivity contribution in [1.82, 2.24) is 20.9 Å². The molecule has 1 fully saturated rings. The molecule has 1 heterocycles. The summed E-state index contributed by atoms with van der Waals surface area (Å²) >= 11 is 0. The SMILES string of the molecule is COC(=O)C1(N)CCN(C(=O)[C@@H](CCCCN)NC(=O)[C@@H](CC(C)C)NC(=O)[C@@H](Cc2ccccc2)NC(=O)CC(N)c2ccccc2)CC1. The van der Waals surface area contributed by atoms with Crippen molar-refractivity contribution in [2.45, 2.75) is 94.9 Å². The van der Waals surface area contributed by atoms with Gasteiger partial charge in [-0.3, -0.25) is 24.0 Å². The normalized spacial score (nSPS) is 16.4. The third kappa shape index (κ3) is 12.2. The molecule has 0 bridgehead atoms. The first-order valence-corrected chi connectivity index (χ1v) is 17.5. The predicted molar refractivity (Wildman–Crippen MR) is 191 cm³/mol. The van der Waals surface area contributed by atoms with E-state index in [4.69, 9.17) is 21.9 Å². The van der Waals surface area contributed by atoms with Crippen LogP contribution in [0, 0.1) is 5.92 Å². The number of methoxy groups -OCH3 is 1. The maximum absolute atomic E-state index is 13.9. The van der Waals surface area contributed by atoms with E-state index < -0.39 is 53.4 Å². The summed E-state index contributed by atoms with van der Waals surface area (Å²) in [5.41, 5.74) is 18.7. The molecule has 3 rings (SSSR count). The number of carbonyl (C=O) groups excluding carboxylic acids is 5. The molecule has 13 nitrogen and oxygen atoms in total. The third-order valence-corrected chi connectivity index (χ3v) is 9.03. The maximum atomic E-state index is 13.9. The number of benzene rings is 2. The van der Waals surface area contributed by atoms with Gasteiger partial charge in [0.2, 0.25) is 23.6 Å². The number of piperidine rings is 1. The Morgan fingerprint density at radius 2 is 1.42 bits per heavy atom.